The molecular weight excluding hydrogens is 268 g/mol. The lowest BCUT2D eigenvalue weighted by atomic mass is 10.1. The third-order valence-electron chi connectivity index (χ3n) is 2.97. The van der Waals surface area contributed by atoms with Crippen LogP contribution in [0.2, 0.25) is 0 Å². The second-order valence-corrected chi connectivity index (χ2v) is 5.57. The molecule has 0 aliphatic carbocycles. The first-order chi connectivity index (χ1) is 10.1. The van der Waals surface area contributed by atoms with Gasteiger partial charge in [0.1, 0.15) is 0 Å². The van der Waals surface area contributed by atoms with Gasteiger partial charge in [-0.05, 0) is 23.6 Å². The molecule has 0 amide bonds. The van der Waals surface area contributed by atoms with Crippen LogP contribution in [0.3, 0.4) is 0 Å². The van der Waals surface area contributed by atoms with Crippen molar-refractivity contribution < 1.29 is 9.84 Å². The quantitative estimate of drug-likeness (QED) is 0.840. The monoisotopic (exact) mass is 290 g/mol. The fourth-order valence-electron chi connectivity index (χ4n) is 1.93. The summed E-state index contributed by atoms with van der Waals surface area (Å²) in [5.41, 5.74) is 2.05. The van der Waals surface area contributed by atoms with Crippen molar-refractivity contribution in [3.05, 3.63) is 29.8 Å². The minimum absolute atomic E-state index is 0.275. The molecule has 1 aromatic carbocycles. The van der Waals surface area contributed by atoms with E-state index in [0.29, 0.717) is 18.3 Å². The van der Waals surface area contributed by atoms with Crippen LogP contribution in [0.1, 0.15) is 19.4 Å². The van der Waals surface area contributed by atoms with E-state index in [1.165, 1.54) is 4.80 Å². The molecular formula is C15H22N4O2. The van der Waals surface area contributed by atoms with Crippen molar-refractivity contribution in [2.75, 3.05) is 13.2 Å². The van der Waals surface area contributed by atoms with Crippen LogP contribution in [0.4, 0.5) is 0 Å². The van der Waals surface area contributed by atoms with E-state index in [1.54, 1.807) is 0 Å². The molecule has 0 unspecified atom stereocenters. The summed E-state index contributed by atoms with van der Waals surface area (Å²) in [6.45, 7) is 7.33. The first-order valence-electron chi connectivity index (χ1n) is 7.16. The first-order valence-corrected chi connectivity index (χ1v) is 7.16. The van der Waals surface area contributed by atoms with E-state index in [-0.39, 0.29) is 13.2 Å². The van der Waals surface area contributed by atoms with E-state index in [2.05, 4.69) is 29.3 Å². The molecule has 0 aliphatic heterocycles. The molecule has 2 rings (SSSR count). The molecule has 1 aromatic heterocycles. The minimum atomic E-state index is -0.636. The number of benzene rings is 1. The van der Waals surface area contributed by atoms with Crippen molar-refractivity contribution in [2.45, 2.75) is 33.4 Å². The zero-order valence-corrected chi connectivity index (χ0v) is 12.7. The van der Waals surface area contributed by atoms with Gasteiger partial charge >= 0.3 is 0 Å². The van der Waals surface area contributed by atoms with Gasteiger partial charge in [-0.2, -0.15) is 4.80 Å². The Bertz CT molecular complexity index is 568. The number of aryl methyl sites for hydroxylation is 1. The number of tetrazole rings is 1. The van der Waals surface area contributed by atoms with Gasteiger partial charge in [0.05, 0.1) is 19.3 Å². The van der Waals surface area contributed by atoms with Gasteiger partial charge < -0.3 is 9.84 Å². The van der Waals surface area contributed by atoms with Gasteiger partial charge in [-0.3, -0.25) is 0 Å². The number of aliphatic hydroxyl groups excluding tert-OH is 1. The molecule has 0 saturated carbocycles. The van der Waals surface area contributed by atoms with Gasteiger partial charge in [0.15, 0.2) is 0 Å². The number of ether oxygens (including phenoxy) is 1. The Morgan fingerprint density at radius 2 is 2.00 bits per heavy atom. The van der Waals surface area contributed by atoms with Crippen molar-refractivity contribution in [3.63, 3.8) is 0 Å². The van der Waals surface area contributed by atoms with E-state index in [1.807, 2.05) is 31.2 Å². The number of nitrogens with zero attached hydrogens (tertiary/aromatic N) is 4. The van der Waals surface area contributed by atoms with Crippen LogP contribution in [0.25, 0.3) is 11.4 Å². The summed E-state index contributed by atoms with van der Waals surface area (Å²) in [6, 6.07) is 7.88. The molecule has 0 saturated heterocycles. The Labute approximate surface area is 124 Å². The number of hydrogen-bond acceptors (Lipinski definition) is 5. The standard InChI is InChI=1S/C15H22N4O2/c1-11(2)9-21-10-13(20)8-19-17-15(16-18-19)14-7-5-4-6-12(14)3/h4-7,11,13,20H,8-10H2,1-3H3/t13-/m0/s1. The molecule has 6 heteroatoms. The molecule has 1 atom stereocenters. The summed E-state index contributed by atoms with van der Waals surface area (Å²) in [7, 11) is 0. The summed E-state index contributed by atoms with van der Waals surface area (Å²) < 4.78 is 5.40. The molecule has 0 fully saturated rings. The predicted octanol–water partition coefficient (Wildman–Crippen LogP) is 1.68. The van der Waals surface area contributed by atoms with Crippen molar-refractivity contribution in [1.29, 1.82) is 0 Å². The summed E-state index contributed by atoms with van der Waals surface area (Å²) in [5.74, 6) is 1.03. The zero-order chi connectivity index (χ0) is 15.2. The molecule has 1 N–H and O–H groups in total. The van der Waals surface area contributed by atoms with Crippen molar-refractivity contribution in [3.8, 4) is 11.4 Å². The van der Waals surface area contributed by atoms with Crippen LogP contribution in [0.15, 0.2) is 24.3 Å². The van der Waals surface area contributed by atoms with Crippen molar-refractivity contribution in [1.82, 2.24) is 20.2 Å². The number of hydrogen-bond donors (Lipinski definition) is 1. The van der Waals surface area contributed by atoms with E-state index in [0.717, 1.165) is 11.1 Å². The fourth-order valence-corrected chi connectivity index (χ4v) is 1.93. The molecule has 21 heavy (non-hydrogen) atoms. The van der Waals surface area contributed by atoms with Crippen LogP contribution in [0, 0.1) is 12.8 Å². The average molecular weight is 290 g/mol. The maximum atomic E-state index is 9.90. The van der Waals surface area contributed by atoms with Crippen LogP contribution in [-0.4, -0.2) is 44.6 Å². The van der Waals surface area contributed by atoms with Gasteiger partial charge in [0, 0.05) is 12.2 Å². The molecule has 1 heterocycles. The van der Waals surface area contributed by atoms with Gasteiger partial charge in [-0.25, -0.2) is 0 Å². The lowest BCUT2D eigenvalue weighted by Crippen LogP contribution is -2.24. The number of aliphatic hydroxyl groups is 1. The van der Waals surface area contributed by atoms with Crippen molar-refractivity contribution >= 4 is 0 Å². The van der Waals surface area contributed by atoms with Crippen molar-refractivity contribution in [2.24, 2.45) is 5.92 Å². The molecule has 0 bridgehead atoms. The minimum Gasteiger partial charge on any atom is -0.389 e. The zero-order valence-electron chi connectivity index (χ0n) is 12.7. The Balaban J connectivity index is 1.93. The van der Waals surface area contributed by atoms with E-state index >= 15 is 0 Å². The fraction of sp³-hybridized carbons (Fsp3) is 0.533. The van der Waals surface area contributed by atoms with E-state index in [9.17, 15) is 5.11 Å². The maximum Gasteiger partial charge on any atom is 0.205 e. The third-order valence-corrected chi connectivity index (χ3v) is 2.97. The summed E-state index contributed by atoms with van der Waals surface area (Å²) in [5, 5.41) is 22.2. The Morgan fingerprint density at radius 1 is 1.24 bits per heavy atom. The van der Waals surface area contributed by atoms with Crippen LogP contribution >= 0.6 is 0 Å². The smallest absolute Gasteiger partial charge is 0.205 e. The van der Waals surface area contributed by atoms with E-state index < -0.39 is 6.10 Å². The summed E-state index contributed by atoms with van der Waals surface area (Å²) in [6.07, 6.45) is -0.636. The highest BCUT2D eigenvalue weighted by Crippen LogP contribution is 2.17. The Hall–Kier alpha value is -1.79. The lowest BCUT2D eigenvalue weighted by Gasteiger charge is -2.11. The average Bonchev–Trinajstić information content (AvgIpc) is 2.87. The third kappa shape index (κ3) is 4.61. The van der Waals surface area contributed by atoms with Gasteiger partial charge in [-0.15, -0.1) is 10.2 Å². The molecule has 6 nitrogen and oxygen atoms in total. The molecule has 114 valence electrons. The molecule has 0 radical (unpaired) electrons. The maximum absolute atomic E-state index is 9.90. The van der Waals surface area contributed by atoms with Crippen LogP contribution in [-0.2, 0) is 11.3 Å². The highest BCUT2D eigenvalue weighted by atomic mass is 16.5. The molecule has 0 spiro atoms. The Kier molecular flexibility index (Phi) is 5.41. The van der Waals surface area contributed by atoms with Crippen LogP contribution in [0.5, 0.6) is 0 Å². The normalized spacial score (nSPS) is 12.8. The SMILES string of the molecule is Cc1ccccc1-c1nnn(C[C@H](O)COCC(C)C)n1. The Morgan fingerprint density at radius 3 is 2.71 bits per heavy atom. The number of rotatable bonds is 7. The predicted molar refractivity (Wildman–Crippen MR) is 79.7 cm³/mol. The molecule has 0 aliphatic rings. The summed E-state index contributed by atoms with van der Waals surface area (Å²) >= 11 is 0. The first kappa shape index (κ1) is 15.6. The molecule has 2 aromatic rings. The second-order valence-electron chi connectivity index (χ2n) is 5.57. The second kappa shape index (κ2) is 7.28. The van der Waals surface area contributed by atoms with E-state index in [4.69, 9.17) is 4.74 Å². The number of aromatic nitrogens is 4. The lowest BCUT2D eigenvalue weighted by molar-refractivity contribution is 0.0144. The topological polar surface area (TPSA) is 73.1 Å². The highest BCUT2D eigenvalue weighted by molar-refractivity contribution is 5.58. The van der Waals surface area contributed by atoms with Gasteiger partial charge in [-0.1, -0.05) is 38.1 Å². The highest BCUT2D eigenvalue weighted by Gasteiger charge is 2.11. The van der Waals surface area contributed by atoms with Gasteiger partial charge in [0.2, 0.25) is 5.82 Å². The van der Waals surface area contributed by atoms with Crippen LogP contribution < -0.4 is 0 Å². The summed E-state index contributed by atoms with van der Waals surface area (Å²) in [4.78, 5) is 1.41. The largest absolute Gasteiger partial charge is 0.389 e. The van der Waals surface area contributed by atoms with Gasteiger partial charge in [0.25, 0.3) is 0 Å².